The fraction of sp³-hybridized carbons (Fsp3) is 0.143. The van der Waals surface area contributed by atoms with Crippen LogP contribution in [-0.2, 0) is 4.79 Å². The van der Waals surface area contributed by atoms with Crippen molar-refractivity contribution in [1.29, 1.82) is 0 Å². The molecular formula is C21H17ClN2O3S. The van der Waals surface area contributed by atoms with Crippen molar-refractivity contribution in [2.45, 2.75) is 0 Å². The Labute approximate surface area is 173 Å². The predicted octanol–water partition coefficient (Wildman–Crippen LogP) is 4.59. The summed E-state index contributed by atoms with van der Waals surface area (Å²) in [7, 11) is 3.24. The number of carbonyl (C=O) groups is 1. The van der Waals surface area contributed by atoms with Gasteiger partial charge in [0.1, 0.15) is 6.61 Å². The van der Waals surface area contributed by atoms with Crippen LogP contribution in [0.2, 0.25) is 5.02 Å². The van der Waals surface area contributed by atoms with Gasteiger partial charge in [-0.25, -0.2) is 4.99 Å². The van der Waals surface area contributed by atoms with Gasteiger partial charge in [-0.05, 0) is 48.2 Å². The van der Waals surface area contributed by atoms with Crippen molar-refractivity contribution in [2.75, 3.05) is 20.8 Å². The van der Waals surface area contributed by atoms with Crippen LogP contribution in [0.3, 0.4) is 0 Å². The predicted molar refractivity (Wildman–Crippen MR) is 114 cm³/mol. The minimum absolute atomic E-state index is 0.0980. The zero-order valence-electron chi connectivity index (χ0n) is 15.3. The summed E-state index contributed by atoms with van der Waals surface area (Å²) in [6, 6.07) is 12.5. The molecule has 1 aliphatic rings. The average molecular weight is 413 g/mol. The zero-order chi connectivity index (χ0) is 20.1. The largest absolute Gasteiger partial charge is 0.493 e. The Kier molecular flexibility index (Phi) is 6.30. The summed E-state index contributed by atoms with van der Waals surface area (Å²) in [5, 5.41) is 1.21. The second-order valence-electron chi connectivity index (χ2n) is 5.72. The summed E-state index contributed by atoms with van der Waals surface area (Å²) >= 11 is 7.19. The van der Waals surface area contributed by atoms with Crippen molar-refractivity contribution < 1.29 is 14.3 Å². The molecule has 0 spiro atoms. The molecule has 2 aromatic carbocycles. The van der Waals surface area contributed by atoms with Crippen LogP contribution in [0.25, 0.3) is 6.08 Å². The van der Waals surface area contributed by atoms with Gasteiger partial charge in [-0.15, -0.1) is 6.42 Å². The standard InChI is InChI=1S/C21H17ClN2O3S/c1-4-12-27-19-14(6-5-7-17(19)26-3)13-18-20(25)24(2)21(28-18)23-16-10-8-15(22)9-11-16/h1,5-11,13H,12H2,2-3H3/b18-13-,23-21?. The van der Waals surface area contributed by atoms with E-state index in [1.54, 1.807) is 50.6 Å². The van der Waals surface area contributed by atoms with Gasteiger partial charge >= 0.3 is 0 Å². The molecule has 0 N–H and O–H groups in total. The first-order valence-corrected chi connectivity index (χ1v) is 9.48. The highest BCUT2D eigenvalue weighted by molar-refractivity contribution is 8.18. The number of thioether (sulfide) groups is 1. The fourth-order valence-electron chi connectivity index (χ4n) is 2.49. The molecule has 1 fully saturated rings. The van der Waals surface area contributed by atoms with E-state index in [-0.39, 0.29) is 12.5 Å². The molecule has 0 atom stereocenters. The summed E-state index contributed by atoms with van der Waals surface area (Å²) in [5.41, 5.74) is 1.42. The molecule has 3 rings (SSSR count). The summed E-state index contributed by atoms with van der Waals surface area (Å²) < 4.78 is 11.0. The Morgan fingerprint density at radius 1 is 1.29 bits per heavy atom. The number of carbonyl (C=O) groups excluding carboxylic acids is 1. The summed E-state index contributed by atoms with van der Waals surface area (Å²) in [6.07, 6.45) is 7.05. The number of amidine groups is 1. The van der Waals surface area contributed by atoms with Crippen LogP contribution in [0, 0.1) is 12.3 Å². The van der Waals surface area contributed by atoms with Crippen molar-refractivity contribution in [3.05, 3.63) is 58.0 Å². The van der Waals surface area contributed by atoms with Gasteiger partial charge in [0, 0.05) is 17.6 Å². The maximum absolute atomic E-state index is 12.7. The molecule has 0 unspecified atom stereocenters. The number of nitrogens with zero attached hydrogens (tertiary/aromatic N) is 2. The Morgan fingerprint density at radius 2 is 2.04 bits per heavy atom. The monoisotopic (exact) mass is 412 g/mol. The van der Waals surface area contributed by atoms with E-state index in [4.69, 9.17) is 27.5 Å². The van der Waals surface area contributed by atoms with Gasteiger partial charge in [0.05, 0.1) is 17.7 Å². The highest BCUT2D eigenvalue weighted by Crippen LogP contribution is 2.37. The molecule has 1 heterocycles. The quantitative estimate of drug-likeness (QED) is 0.532. The Balaban J connectivity index is 1.94. The number of aliphatic imine (C=N–C) groups is 1. The van der Waals surface area contributed by atoms with Gasteiger partial charge in [0.2, 0.25) is 0 Å². The number of rotatable bonds is 5. The summed E-state index contributed by atoms with van der Waals surface area (Å²) in [5.74, 6) is 3.33. The lowest BCUT2D eigenvalue weighted by Gasteiger charge is -2.11. The summed E-state index contributed by atoms with van der Waals surface area (Å²) in [4.78, 5) is 19.2. The van der Waals surface area contributed by atoms with Gasteiger partial charge in [-0.3, -0.25) is 9.69 Å². The zero-order valence-corrected chi connectivity index (χ0v) is 16.9. The topological polar surface area (TPSA) is 51.1 Å². The number of ether oxygens (including phenoxy) is 2. The van der Waals surface area contributed by atoms with E-state index in [0.717, 1.165) is 0 Å². The molecule has 7 heteroatoms. The van der Waals surface area contributed by atoms with Crippen molar-refractivity contribution in [2.24, 2.45) is 4.99 Å². The van der Waals surface area contributed by atoms with Crippen LogP contribution in [0.4, 0.5) is 5.69 Å². The lowest BCUT2D eigenvalue weighted by Crippen LogP contribution is -2.23. The van der Waals surface area contributed by atoms with Gasteiger partial charge < -0.3 is 9.47 Å². The van der Waals surface area contributed by atoms with Crippen LogP contribution < -0.4 is 9.47 Å². The van der Waals surface area contributed by atoms with Crippen LogP contribution in [0.15, 0.2) is 52.4 Å². The van der Waals surface area contributed by atoms with Crippen LogP contribution in [-0.4, -0.2) is 36.7 Å². The molecular weight excluding hydrogens is 396 g/mol. The minimum atomic E-state index is -0.150. The fourth-order valence-corrected chi connectivity index (χ4v) is 3.60. The molecule has 0 saturated carbocycles. The number of methoxy groups -OCH3 is 1. The molecule has 1 amide bonds. The number of likely N-dealkylation sites (N-methyl/N-ethyl adjacent to an activating group) is 1. The van der Waals surface area contributed by atoms with Gasteiger partial charge in [0.25, 0.3) is 5.91 Å². The van der Waals surface area contributed by atoms with Gasteiger partial charge in [-0.1, -0.05) is 29.7 Å². The first kappa shape index (κ1) is 19.9. The van der Waals surface area contributed by atoms with E-state index < -0.39 is 0 Å². The normalized spacial score (nSPS) is 16.5. The molecule has 0 aromatic heterocycles. The molecule has 0 bridgehead atoms. The van der Waals surface area contributed by atoms with Crippen molar-refractivity contribution in [1.82, 2.24) is 4.90 Å². The van der Waals surface area contributed by atoms with E-state index >= 15 is 0 Å². The highest BCUT2D eigenvalue weighted by Gasteiger charge is 2.30. The molecule has 0 aliphatic carbocycles. The number of benzene rings is 2. The van der Waals surface area contributed by atoms with E-state index in [9.17, 15) is 4.79 Å². The lowest BCUT2D eigenvalue weighted by atomic mass is 10.1. The molecule has 142 valence electrons. The molecule has 0 radical (unpaired) electrons. The molecule has 2 aromatic rings. The summed E-state index contributed by atoms with van der Waals surface area (Å²) in [6.45, 7) is 0.0980. The number of amides is 1. The molecule has 1 saturated heterocycles. The Hall–Kier alpha value is -2.88. The van der Waals surface area contributed by atoms with Crippen LogP contribution in [0.5, 0.6) is 11.5 Å². The Morgan fingerprint density at radius 3 is 2.71 bits per heavy atom. The van der Waals surface area contributed by atoms with E-state index in [1.165, 1.54) is 16.7 Å². The second kappa shape index (κ2) is 8.87. The van der Waals surface area contributed by atoms with Crippen LogP contribution >= 0.6 is 23.4 Å². The van der Waals surface area contributed by atoms with Gasteiger partial charge in [-0.2, -0.15) is 0 Å². The first-order chi connectivity index (χ1) is 13.5. The number of hydrogen-bond acceptors (Lipinski definition) is 5. The average Bonchev–Trinajstić information content (AvgIpc) is 2.96. The molecule has 5 nitrogen and oxygen atoms in total. The number of halogens is 1. The van der Waals surface area contributed by atoms with Crippen molar-refractivity contribution in [3.8, 4) is 23.8 Å². The smallest absolute Gasteiger partial charge is 0.266 e. The third-order valence-electron chi connectivity index (χ3n) is 3.87. The maximum atomic E-state index is 12.7. The molecule has 1 aliphatic heterocycles. The minimum Gasteiger partial charge on any atom is -0.493 e. The number of hydrogen-bond donors (Lipinski definition) is 0. The SMILES string of the molecule is C#CCOc1c(/C=C2\SC(=Nc3ccc(Cl)cc3)N(C)C2=O)cccc1OC. The first-order valence-electron chi connectivity index (χ1n) is 8.28. The van der Waals surface area contributed by atoms with E-state index in [2.05, 4.69) is 10.9 Å². The maximum Gasteiger partial charge on any atom is 0.266 e. The highest BCUT2D eigenvalue weighted by atomic mass is 35.5. The van der Waals surface area contributed by atoms with E-state index in [0.29, 0.717) is 37.8 Å². The Bertz CT molecular complexity index is 994. The third kappa shape index (κ3) is 4.33. The van der Waals surface area contributed by atoms with Crippen molar-refractivity contribution in [3.63, 3.8) is 0 Å². The van der Waals surface area contributed by atoms with Crippen LogP contribution in [0.1, 0.15) is 5.56 Å². The van der Waals surface area contributed by atoms with Gasteiger partial charge in [0.15, 0.2) is 16.7 Å². The lowest BCUT2D eigenvalue weighted by molar-refractivity contribution is -0.121. The third-order valence-corrected chi connectivity index (χ3v) is 5.18. The number of para-hydroxylation sites is 1. The van der Waals surface area contributed by atoms with E-state index in [1.807, 2.05) is 12.1 Å². The second-order valence-corrected chi connectivity index (χ2v) is 7.16. The van der Waals surface area contributed by atoms with Crippen molar-refractivity contribution >= 4 is 46.2 Å². The molecule has 28 heavy (non-hydrogen) atoms. The number of terminal acetylenes is 1.